The van der Waals surface area contributed by atoms with Gasteiger partial charge in [-0.3, -0.25) is 19.7 Å². The fourth-order valence-electron chi connectivity index (χ4n) is 4.26. The summed E-state index contributed by atoms with van der Waals surface area (Å²) in [5.74, 6) is -1.67. The van der Waals surface area contributed by atoms with Crippen molar-refractivity contribution in [2.75, 3.05) is 18.0 Å². The van der Waals surface area contributed by atoms with Crippen molar-refractivity contribution in [3.63, 3.8) is 0 Å². The topological polar surface area (TPSA) is 143 Å². The molecule has 0 fully saturated rings. The van der Waals surface area contributed by atoms with Crippen molar-refractivity contribution >= 4 is 53.0 Å². The van der Waals surface area contributed by atoms with Crippen LogP contribution in [0.3, 0.4) is 0 Å². The van der Waals surface area contributed by atoms with E-state index in [1.165, 1.54) is 42.6 Å². The predicted molar refractivity (Wildman–Crippen MR) is 177 cm³/mol. The first-order chi connectivity index (χ1) is 22.2. The van der Waals surface area contributed by atoms with Crippen molar-refractivity contribution in [2.45, 2.75) is 13.8 Å². The molecule has 0 saturated heterocycles. The number of carbonyl (C=O) groups is 3. The highest BCUT2D eigenvalue weighted by Crippen LogP contribution is 2.19. The number of esters is 1. The van der Waals surface area contributed by atoms with Gasteiger partial charge in [-0.15, -0.1) is 0 Å². The van der Waals surface area contributed by atoms with E-state index in [0.29, 0.717) is 11.1 Å². The van der Waals surface area contributed by atoms with E-state index < -0.39 is 22.7 Å². The van der Waals surface area contributed by atoms with E-state index in [1.807, 2.05) is 24.3 Å². The summed E-state index contributed by atoms with van der Waals surface area (Å²) in [6.45, 7) is 5.83. The lowest BCUT2D eigenvalue weighted by Crippen LogP contribution is -2.33. The summed E-state index contributed by atoms with van der Waals surface area (Å²) < 4.78 is 5.32. The molecule has 4 aromatic carbocycles. The van der Waals surface area contributed by atoms with Crippen molar-refractivity contribution in [1.82, 2.24) is 10.7 Å². The largest absolute Gasteiger partial charge is 0.423 e. The summed E-state index contributed by atoms with van der Waals surface area (Å²) in [4.78, 5) is 51.0. The van der Waals surface area contributed by atoms with E-state index in [2.05, 4.69) is 34.6 Å². The Morgan fingerprint density at radius 1 is 0.891 bits per heavy atom. The second-order valence-electron chi connectivity index (χ2n) is 9.72. The van der Waals surface area contributed by atoms with Gasteiger partial charge in [-0.1, -0.05) is 35.9 Å². The summed E-state index contributed by atoms with van der Waals surface area (Å²) in [6, 6.07) is 25.4. The fraction of sp³-hybridized carbons (Fsp3) is 0.118. The normalized spacial score (nSPS) is 11.2. The number of hydrogen-bond donors (Lipinski definition) is 2. The molecule has 234 valence electrons. The van der Waals surface area contributed by atoms with Gasteiger partial charge < -0.3 is 15.0 Å². The van der Waals surface area contributed by atoms with Crippen LogP contribution < -0.4 is 20.4 Å². The van der Waals surface area contributed by atoms with Gasteiger partial charge in [0.05, 0.1) is 27.3 Å². The van der Waals surface area contributed by atoms with Gasteiger partial charge in [-0.25, -0.2) is 10.2 Å². The molecule has 0 aliphatic rings. The molecule has 0 aliphatic carbocycles. The molecule has 2 N–H and O–H groups in total. The van der Waals surface area contributed by atoms with Crippen LogP contribution in [0.15, 0.2) is 108 Å². The van der Waals surface area contributed by atoms with Crippen LogP contribution in [0.2, 0.25) is 5.02 Å². The number of nitro groups is 1. The monoisotopic (exact) mass is 639 g/mol. The highest BCUT2D eigenvalue weighted by molar-refractivity contribution is 6.34. The second-order valence-corrected chi connectivity index (χ2v) is 10.1. The second kappa shape index (κ2) is 15.8. The summed E-state index contributed by atoms with van der Waals surface area (Å²) in [7, 11) is 0. The number of amides is 2. The Balaban J connectivity index is 1.45. The van der Waals surface area contributed by atoms with Crippen LogP contribution in [0.25, 0.3) is 6.08 Å². The molecule has 0 saturated carbocycles. The minimum Gasteiger partial charge on any atom is -0.423 e. The van der Waals surface area contributed by atoms with Crippen molar-refractivity contribution in [3.8, 4) is 5.75 Å². The summed E-state index contributed by atoms with van der Waals surface area (Å²) in [6.07, 6.45) is 2.92. The molecule has 0 heterocycles. The zero-order valence-corrected chi connectivity index (χ0v) is 25.7. The van der Waals surface area contributed by atoms with Gasteiger partial charge in [0.1, 0.15) is 11.4 Å². The van der Waals surface area contributed by atoms with Crippen LogP contribution >= 0.6 is 11.6 Å². The van der Waals surface area contributed by atoms with E-state index in [9.17, 15) is 24.5 Å². The molecule has 2 amide bonds. The number of hydrazone groups is 1. The Hall–Kier alpha value is -5.81. The molecule has 0 unspecified atom stereocenters. The van der Waals surface area contributed by atoms with E-state index in [1.54, 1.807) is 42.5 Å². The van der Waals surface area contributed by atoms with Gasteiger partial charge in [0.25, 0.3) is 17.5 Å². The van der Waals surface area contributed by atoms with Gasteiger partial charge in [0.15, 0.2) is 0 Å². The zero-order chi connectivity index (χ0) is 33.1. The number of carbonyl (C=O) groups excluding carboxylic acids is 3. The van der Waals surface area contributed by atoms with Crippen molar-refractivity contribution < 1.29 is 24.0 Å². The first-order valence-electron chi connectivity index (χ1n) is 14.2. The Labute approximate surface area is 270 Å². The number of nitrogens with one attached hydrogen (secondary N) is 2. The molecule has 0 spiro atoms. The van der Waals surface area contributed by atoms with Gasteiger partial charge in [0, 0.05) is 30.9 Å². The minimum atomic E-state index is -0.676. The summed E-state index contributed by atoms with van der Waals surface area (Å²) in [5.41, 5.74) is 4.89. The number of anilines is 1. The maximum absolute atomic E-state index is 13.2. The lowest BCUT2D eigenvalue weighted by Gasteiger charge is -2.21. The highest BCUT2D eigenvalue weighted by Gasteiger charge is 2.17. The lowest BCUT2D eigenvalue weighted by molar-refractivity contribution is -0.384. The predicted octanol–water partition coefficient (Wildman–Crippen LogP) is 6.23. The smallest absolute Gasteiger partial charge is 0.343 e. The first-order valence-corrected chi connectivity index (χ1v) is 14.6. The number of hydrogen-bond acceptors (Lipinski definition) is 8. The van der Waals surface area contributed by atoms with Gasteiger partial charge in [0.2, 0.25) is 0 Å². The summed E-state index contributed by atoms with van der Waals surface area (Å²) >= 11 is 6.20. The standard InChI is InChI=1S/C34H30ClN5O6/c1-3-39(4-2)26-15-9-23(10-16-26)21-31(37-32(41)29-7-5-6-8-30(29)35)33(42)38-36-22-24-11-19-28(20-12-24)46-34(43)25-13-17-27(18-14-25)40(44)45/h5-22H,3-4H2,1-2H3,(H,37,41)(H,38,42)/b31-21+,36-22-. The van der Waals surface area contributed by atoms with Gasteiger partial charge in [-0.05, 0) is 91.7 Å². The number of benzene rings is 4. The number of non-ortho nitro benzene ring substituents is 1. The van der Waals surface area contributed by atoms with Crippen LogP contribution in [-0.2, 0) is 4.79 Å². The molecule has 4 rings (SSSR count). The minimum absolute atomic E-state index is 0.0498. The molecule has 0 aliphatic heterocycles. The lowest BCUT2D eigenvalue weighted by atomic mass is 10.1. The summed E-state index contributed by atoms with van der Waals surface area (Å²) in [5, 5.41) is 17.7. The van der Waals surface area contributed by atoms with Gasteiger partial charge in [-0.2, -0.15) is 5.10 Å². The van der Waals surface area contributed by atoms with Crippen molar-refractivity contribution in [1.29, 1.82) is 0 Å². The van der Waals surface area contributed by atoms with E-state index in [-0.39, 0.29) is 33.3 Å². The number of halogens is 1. The van der Waals surface area contributed by atoms with Crippen molar-refractivity contribution in [2.24, 2.45) is 5.10 Å². The molecule has 0 aromatic heterocycles. The van der Waals surface area contributed by atoms with E-state index >= 15 is 0 Å². The third-order valence-corrected chi connectivity index (χ3v) is 7.06. The van der Waals surface area contributed by atoms with Crippen LogP contribution in [0.5, 0.6) is 5.75 Å². The van der Waals surface area contributed by atoms with E-state index in [0.717, 1.165) is 18.8 Å². The highest BCUT2D eigenvalue weighted by atomic mass is 35.5. The Morgan fingerprint density at radius 2 is 1.52 bits per heavy atom. The van der Waals surface area contributed by atoms with E-state index in [4.69, 9.17) is 16.3 Å². The quantitative estimate of drug-likeness (QED) is 0.0467. The van der Waals surface area contributed by atoms with Gasteiger partial charge >= 0.3 is 5.97 Å². The molecule has 0 radical (unpaired) electrons. The third kappa shape index (κ3) is 8.87. The molecule has 12 heteroatoms. The molecule has 46 heavy (non-hydrogen) atoms. The fourth-order valence-corrected chi connectivity index (χ4v) is 4.48. The average molecular weight is 640 g/mol. The number of rotatable bonds is 12. The Kier molecular flexibility index (Phi) is 11.3. The molecule has 0 atom stereocenters. The van der Waals surface area contributed by atoms with Crippen LogP contribution in [0.4, 0.5) is 11.4 Å². The van der Waals surface area contributed by atoms with Crippen molar-refractivity contribution in [3.05, 3.63) is 140 Å². The molecule has 11 nitrogen and oxygen atoms in total. The first kappa shape index (κ1) is 33.1. The number of ether oxygens (including phenoxy) is 1. The Morgan fingerprint density at radius 3 is 2.13 bits per heavy atom. The SMILES string of the molecule is CCN(CC)c1ccc(/C=C(/NC(=O)c2ccccc2Cl)C(=O)N/N=C\c2ccc(OC(=O)c3ccc([N+](=O)[O-])cc3)cc2)cc1. The Bertz CT molecular complexity index is 1770. The third-order valence-electron chi connectivity index (χ3n) is 6.73. The maximum Gasteiger partial charge on any atom is 0.343 e. The van der Waals surface area contributed by atoms with Crippen LogP contribution in [0, 0.1) is 10.1 Å². The maximum atomic E-state index is 13.2. The molecule has 0 bridgehead atoms. The molecule has 4 aromatic rings. The zero-order valence-electron chi connectivity index (χ0n) is 25.0. The van der Waals surface area contributed by atoms with Crippen LogP contribution in [-0.4, -0.2) is 42.0 Å². The van der Waals surface area contributed by atoms with Crippen LogP contribution in [0.1, 0.15) is 45.7 Å². The molecular weight excluding hydrogens is 610 g/mol. The average Bonchev–Trinajstić information content (AvgIpc) is 3.06. The number of nitro benzene ring substituents is 1. The number of nitrogens with zero attached hydrogens (tertiary/aromatic N) is 3. The molecular formula is C34H30ClN5O6.